The Labute approximate surface area is 133 Å². The number of hydrogen-bond acceptors (Lipinski definition) is 4. The number of hydrogen-bond donors (Lipinski definition) is 2. The van der Waals surface area contributed by atoms with Gasteiger partial charge < -0.3 is 10.4 Å². The number of aliphatic hydroxyl groups is 1. The molecular formula is C16H19FN2O2S. The summed E-state index contributed by atoms with van der Waals surface area (Å²) >= 11 is 1.48. The monoisotopic (exact) mass is 322 g/mol. The molecule has 2 aromatic rings. The molecule has 4 nitrogen and oxygen atoms in total. The molecule has 0 saturated heterocycles. The van der Waals surface area contributed by atoms with E-state index in [0.29, 0.717) is 12.8 Å². The molecule has 1 amide bonds. The maximum atomic E-state index is 12.9. The van der Waals surface area contributed by atoms with Crippen LogP contribution < -0.4 is 5.32 Å². The summed E-state index contributed by atoms with van der Waals surface area (Å²) in [5.74, 6) is -0.386. The third kappa shape index (κ3) is 5.20. The van der Waals surface area contributed by atoms with Crippen LogP contribution in [0.15, 0.2) is 29.6 Å². The second-order valence-electron chi connectivity index (χ2n) is 5.72. The third-order valence-corrected chi connectivity index (χ3v) is 3.88. The Balaban J connectivity index is 1.87. The third-order valence-electron chi connectivity index (χ3n) is 2.98. The van der Waals surface area contributed by atoms with Crippen molar-refractivity contribution in [2.75, 3.05) is 6.54 Å². The molecule has 0 saturated carbocycles. The minimum Gasteiger partial charge on any atom is -0.389 e. The van der Waals surface area contributed by atoms with Crippen LogP contribution >= 0.6 is 11.3 Å². The van der Waals surface area contributed by atoms with Gasteiger partial charge in [0.15, 0.2) is 0 Å². The molecule has 0 spiro atoms. The summed E-state index contributed by atoms with van der Waals surface area (Å²) in [6.45, 7) is 3.51. The number of halogens is 1. The van der Waals surface area contributed by atoms with Gasteiger partial charge in [-0.15, -0.1) is 11.3 Å². The van der Waals surface area contributed by atoms with Crippen LogP contribution in [0.1, 0.15) is 25.3 Å². The van der Waals surface area contributed by atoms with E-state index in [9.17, 15) is 14.3 Å². The minimum atomic E-state index is -0.910. The quantitative estimate of drug-likeness (QED) is 0.859. The van der Waals surface area contributed by atoms with Crippen LogP contribution in [-0.2, 0) is 11.2 Å². The summed E-state index contributed by atoms with van der Waals surface area (Å²) in [5, 5.41) is 15.0. The van der Waals surface area contributed by atoms with Crippen molar-refractivity contribution in [3.05, 3.63) is 40.5 Å². The number of thiazole rings is 1. The van der Waals surface area contributed by atoms with Gasteiger partial charge in [-0.05, 0) is 38.1 Å². The highest BCUT2D eigenvalue weighted by molar-refractivity contribution is 7.09. The molecule has 1 aromatic heterocycles. The minimum absolute atomic E-state index is 0.111. The Morgan fingerprint density at radius 1 is 1.36 bits per heavy atom. The summed E-state index contributed by atoms with van der Waals surface area (Å²) in [6, 6.07) is 6.17. The predicted octanol–water partition coefficient (Wildman–Crippen LogP) is 2.77. The SMILES string of the molecule is CC(C)(O)CNC(=O)CCc1nc(-c2ccc(F)cc2)cs1. The van der Waals surface area contributed by atoms with Crippen molar-refractivity contribution >= 4 is 17.2 Å². The van der Waals surface area contributed by atoms with Crippen LogP contribution in [-0.4, -0.2) is 28.1 Å². The normalized spacial score (nSPS) is 11.5. The zero-order valence-electron chi connectivity index (χ0n) is 12.6. The maximum absolute atomic E-state index is 12.9. The standard InChI is InChI=1S/C16H19FN2O2S/c1-16(2,21)10-18-14(20)7-8-15-19-13(9-22-15)11-3-5-12(17)6-4-11/h3-6,9,21H,7-8,10H2,1-2H3,(H,18,20). The zero-order valence-corrected chi connectivity index (χ0v) is 13.4. The number of nitrogens with zero attached hydrogens (tertiary/aromatic N) is 1. The number of carbonyl (C=O) groups is 1. The number of nitrogens with one attached hydrogen (secondary N) is 1. The predicted molar refractivity (Wildman–Crippen MR) is 85.1 cm³/mol. The van der Waals surface area contributed by atoms with E-state index < -0.39 is 5.60 Å². The molecule has 1 heterocycles. The highest BCUT2D eigenvalue weighted by atomic mass is 32.1. The lowest BCUT2D eigenvalue weighted by atomic mass is 10.1. The van der Waals surface area contributed by atoms with Crippen LogP contribution in [0.5, 0.6) is 0 Å². The molecule has 2 N–H and O–H groups in total. The molecule has 2 rings (SSSR count). The van der Waals surface area contributed by atoms with Crippen LogP contribution in [0, 0.1) is 5.82 Å². The number of amides is 1. The average molecular weight is 322 g/mol. The number of carbonyl (C=O) groups excluding carboxylic acids is 1. The van der Waals surface area contributed by atoms with Crippen LogP contribution in [0.3, 0.4) is 0 Å². The van der Waals surface area contributed by atoms with E-state index >= 15 is 0 Å². The fourth-order valence-corrected chi connectivity index (χ4v) is 2.61. The lowest BCUT2D eigenvalue weighted by Crippen LogP contribution is -2.38. The Morgan fingerprint density at radius 2 is 2.05 bits per heavy atom. The highest BCUT2D eigenvalue weighted by Crippen LogP contribution is 2.22. The fourth-order valence-electron chi connectivity index (χ4n) is 1.80. The van der Waals surface area contributed by atoms with E-state index in [-0.39, 0.29) is 18.3 Å². The molecule has 6 heteroatoms. The van der Waals surface area contributed by atoms with Gasteiger partial charge in [0.25, 0.3) is 0 Å². The first kappa shape index (κ1) is 16.6. The van der Waals surface area contributed by atoms with Crippen molar-refractivity contribution < 1.29 is 14.3 Å². The van der Waals surface area contributed by atoms with Crippen molar-refractivity contribution in [1.82, 2.24) is 10.3 Å². The molecular weight excluding hydrogens is 303 g/mol. The van der Waals surface area contributed by atoms with E-state index in [1.165, 1.54) is 23.5 Å². The summed E-state index contributed by atoms with van der Waals surface area (Å²) in [4.78, 5) is 16.1. The molecule has 0 fully saturated rings. The van der Waals surface area contributed by atoms with Crippen molar-refractivity contribution in [2.45, 2.75) is 32.3 Å². The van der Waals surface area contributed by atoms with Crippen LogP contribution in [0.25, 0.3) is 11.3 Å². The van der Waals surface area contributed by atoms with Gasteiger partial charge in [0.05, 0.1) is 16.3 Å². The number of benzene rings is 1. The summed E-state index contributed by atoms with van der Waals surface area (Å²) in [6.07, 6.45) is 0.871. The summed E-state index contributed by atoms with van der Waals surface area (Å²) in [5.41, 5.74) is 0.736. The largest absolute Gasteiger partial charge is 0.389 e. The lowest BCUT2D eigenvalue weighted by molar-refractivity contribution is -0.122. The highest BCUT2D eigenvalue weighted by Gasteiger charge is 2.14. The molecule has 0 aliphatic rings. The molecule has 1 aromatic carbocycles. The van der Waals surface area contributed by atoms with Gasteiger partial charge in [0, 0.05) is 30.3 Å². The Kier molecular flexibility index (Phi) is 5.26. The fraction of sp³-hybridized carbons (Fsp3) is 0.375. The van der Waals surface area contributed by atoms with Gasteiger partial charge >= 0.3 is 0 Å². The van der Waals surface area contributed by atoms with E-state index in [1.54, 1.807) is 26.0 Å². The van der Waals surface area contributed by atoms with E-state index in [0.717, 1.165) is 16.3 Å². The first-order valence-electron chi connectivity index (χ1n) is 7.03. The van der Waals surface area contributed by atoms with Gasteiger partial charge in [-0.2, -0.15) is 0 Å². The summed E-state index contributed by atoms with van der Waals surface area (Å²) < 4.78 is 12.9. The van der Waals surface area contributed by atoms with Gasteiger partial charge in [-0.1, -0.05) is 0 Å². The molecule has 0 radical (unpaired) electrons. The molecule has 0 aliphatic carbocycles. The number of aryl methyl sites for hydroxylation is 1. The van der Waals surface area contributed by atoms with Gasteiger partial charge in [0.1, 0.15) is 5.82 Å². The van der Waals surface area contributed by atoms with Crippen molar-refractivity contribution in [2.24, 2.45) is 0 Å². The summed E-state index contributed by atoms with van der Waals surface area (Å²) in [7, 11) is 0. The zero-order chi connectivity index (χ0) is 16.2. The Hall–Kier alpha value is -1.79. The van der Waals surface area contributed by atoms with E-state index in [1.807, 2.05) is 5.38 Å². The molecule has 0 unspecified atom stereocenters. The van der Waals surface area contributed by atoms with Crippen molar-refractivity contribution in [3.63, 3.8) is 0 Å². The van der Waals surface area contributed by atoms with Crippen LogP contribution in [0.4, 0.5) is 4.39 Å². The lowest BCUT2D eigenvalue weighted by Gasteiger charge is -2.17. The first-order valence-corrected chi connectivity index (χ1v) is 7.91. The topological polar surface area (TPSA) is 62.2 Å². The smallest absolute Gasteiger partial charge is 0.220 e. The van der Waals surface area contributed by atoms with E-state index in [2.05, 4.69) is 10.3 Å². The van der Waals surface area contributed by atoms with Gasteiger partial charge in [-0.3, -0.25) is 4.79 Å². The average Bonchev–Trinajstić information content (AvgIpc) is 2.92. The van der Waals surface area contributed by atoms with Gasteiger partial charge in [0.2, 0.25) is 5.91 Å². The Morgan fingerprint density at radius 3 is 2.68 bits per heavy atom. The van der Waals surface area contributed by atoms with Crippen molar-refractivity contribution in [3.8, 4) is 11.3 Å². The molecule has 0 bridgehead atoms. The first-order chi connectivity index (χ1) is 10.3. The molecule has 118 valence electrons. The van der Waals surface area contributed by atoms with Crippen LogP contribution in [0.2, 0.25) is 0 Å². The van der Waals surface area contributed by atoms with Crippen molar-refractivity contribution in [1.29, 1.82) is 0 Å². The Bertz CT molecular complexity index is 632. The second-order valence-corrected chi connectivity index (χ2v) is 6.67. The van der Waals surface area contributed by atoms with Gasteiger partial charge in [-0.25, -0.2) is 9.37 Å². The van der Waals surface area contributed by atoms with E-state index in [4.69, 9.17) is 0 Å². The molecule has 0 atom stereocenters. The second kappa shape index (κ2) is 6.98. The maximum Gasteiger partial charge on any atom is 0.220 e. The number of aromatic nitrogens is 1. The molecule has 22 heavy (non-hydrogen) atoms. The molecule has 0 aliphatic heterocycles. The number of rotatable bonds is 6.